The van der Waals surface area contributed by atoms with Crippen LogP contribution in [0.5, 0.6) is 0 Å². The quantitative estimate of drug-likeness (QED) is 0.845. The lowest BCUT2D eigenvalue weighted by atomic mass is 10.1. The first-order valence-electron chi connectivity index (χ1n) is 7.00. The molecule has 1 aromatic carbocycles. The van der Waals surface area contributed by atoms with Gasteiger partial charge in [0.05, 0.1) is 0 Å². The van der Waals surface area contributed by atoms with Crippen molar-refractivity contribution >= 4 is 33.7 Å². The van der Waals surface area contributed by atoms with Crippen LogP contribution in [-0.4, -0.2) is 46.4 Å². The normalized spacial score (nSPS) is 18.8. The largest absolute Gasteiger partial charge is 0.480 e. The Morgan fingerprint density at radius 1 is 1.32 bits per heavy atom. The summed E-state index contributed by atoms with van der Waals surface area (Å²) in [6.45, 7) is 1.89. The van der Waals surface area contributed by atoms with E-state index in [0.29, 0.717) is 18.5 Å². The lowest BCUT2D eigenvalue weighted by Crippen LogP contribution is -2.50. The lowest BCUT2D eigenvalue weighted by Gasteiger charge is -2.25. The monoisotopic (exact) mass is 368 g/mol. The highest BCUT2D eigenvalue weighted by Gasteiger charge is 2.35. The Bertz CT molecular complexity index is 588. The van der Waals surface area contributed by atoms with Crippen molar-refractivity contribution in [3.8, 4) is 0 Å². The topological polar surface area (TPSA) is 86.7 Å². The van der Waals surface area contributed by atoms with Crippen molar-refractivity contribution in [1.82, 2.24) is 10.2 Å². The molecule has 118 valence electrons. The maximum atomic E-state index is 12.5. The zero-order valence-corrected chi connectivity index (χ0v) is 13.7. The number of nitrogens with zero attached hydrogens (tertiary/aromatic N) is 1. The third kappa shape index (κ3) is 3.65. The number of carbonyl (C=O) groups excluding carboxylic acids is 2. The SMILES string of the molecule is C[C@@H](NC(=O)C1CCCN1C(=O)c1ccc(Br)cc1)C(=O)O. The summed E-state index contributed by atoms with van der Waals surface area (Å²) in [5.41, 5.74) is 0.509. The van der Waals surface area contributed by atoms with E-state index in [9.17, 15) is 14.4 Å². The molecule has 0 radical (unpaired) electrons. The number of carbonyl (C=O) groups is 3. The smallest absolute Gasteiger partial charge is 0.325 e. The molecule has 0 spiro atoms. The van der Waals surface area contributed by atoms with Gasteiger partial charge in [0.1, 0.15) is 12.1 Å². The predicted molar refractivity (Wildman–Crippen MR) is 83.4 cm³/mol. The molecule has 2 atom stereocenters. The van der Waals surface area contributed by atoms with E-state index in [0.717, 1.165) is 10.9 Å². The molecule has 0 aromatic heterocycles. The Hall–Kier alpha value is -1.89. The van der Waals surface area contributed by atoms with Gasteiger partial charge in [-0.2, -0.15) is 0 Å². The fourth-order valence-electron chi connectivity index (χ4n) is 2.41. The number of benzene rings is 1. The van der Waals surface area contributed by atoms with Gasteiger partial charge in [0.25, 0.3) is 5.91 Å². The average Bonchev–Trinajstić information content (AvgIpc) is 2.96. The Balaban J connectivity index is 2.09. The number of halogens is 1. The van der Waals surface area contributed by atoms with E-state index in [-0.39, 0.29) is 5.91 Å². The minimum Gasteiger partial charge on any atom is -0.480 e. The van der Waals surface area contributed by atoms with Crippen LogP contribution in [0.25, 0.3) is 0 Å². The van der Waals surface area contributed by atoms with E-state index in [1.807, 2.05) is 0 Å². The number of rotatable bonds is 4. The van der Waals surface area contributed by atoms with Crippen molar-refractivity contribution in [3.05, 3.63) is 34.3 Å². The number of carboxylic acids is 1. The molecule has 0 aliphatic carbocycles. The molecule has 7 heteroatoms. The number of likely N-dealkylation sites (tertiary alicyclic amines) is 1. The molecule has 1 fully saturated rings. The van der Waals surface area contributed by atoms with Crippen LogP contribution in [0.15, 0.2) is 28.7 Å². The van der Waals surface area contributed by atoms with Crippen LogP contribution >= 0.6 is 15.9 Å². The third-order valence-electron chi connectivity index (χ3n) is 3.64. The number of carboxylic acid groups (broad SMARTS) is 1. The van der Waals surface area contributed by atoms with Crippen molar-refractivity contribution in [3.63, 3.8) is 0 Å². The second kappa shape index (κ2) is 6.91. The number of hydrogen-bond donors (Lipinski definition) is 2. The van der Waals surface area contributed by atoms with E-state index in [1.165, 1.54) is 11.8 Å². The van der Waals surface area contributed by atoms with Gasteiger partial charge < -0.3 is 15.3 Å². The summed E-state index contributed by atoms with van der Waals surface area (Å²) in [7, 11) is 0. The van der Waals surface area contributed by atoms with Gasteiger partial charge in [0, 0.05) is 16.6 Å². The molecule has 1 unspecified atom stereocenters. The van der Waals surface area contributed by atoms with Gasteiger partial charge in [-0.05, 0) is 44.0 Å². The number of nitrogens with one attached hydrogen (secondary N) is 1. The summed E-state index contributed by atoms with van der Waals surface area (Å²) in [5, 5.41) is 11.3. The molecule has 6 nitrogen and oxygen atoms in total. The Kier molecular flexibility index (Phi) is 5.18. The molecule has 0 saturated carbocycles. The van der Waals surface area contributed by atoms with Gasteiger partial charge in [-0.3, -0.25) is 14.4 Å². The third-order valence-corrected chi connectivity index (χ3v) is 4.17. The van der Waals surface area contributed by atoms with Crippen molar-refractivity contribution in [2.45, 2.75) is 31.8 Å². The molecule has 2 N–H and O–H groups in total. The van der Waals surface area contributed by atoms with Crippen LogP contribution in [0.2, 0.25) is 0 Å². The van der Waals surface area contributed by atoms with Crippen molar-refractivity contribution in [2.24, 2.45) is 0 Å². The zero-order valence-electron chi connectivity index (χ0n) is 12.1. The minimum atomic E-state index is -1.10. The van der Waals surface area contributed by atoms with Gasteiger partial charge in [0.2, 0.25) is 5.91 Å². The number of amides is 2. The second-order valence-corrected chi connectivity index (χ2v) is 6.15. The van der Waals surface area contributed by atoms with Crippen LogP contribution in [-0.2, 0) is 9.59 Å². The van der Waals surface area contributed by atoms with E-state index in [4.69, 9.17) is 5.11 Å². The van der Waals surface area contributed by atoms with Gasteiger partial charge >= 0.3 is 5.97 Å². The summed E-state index contributed by atoms with van der Waals surface area (Å²) in [4.78, 5) is 37.0. The summed E-state index contributed by atoms with van der Waals surface area (Å²) >= 11 is 3.31. The number of aliphatic carboxylic acids is 1. The summed E-state index contributed by atoms with van der Waals surface area (Å²) in [5.74, 6) is -1.73. The van der Waals surface area contributed by atoms with Crippen molar-refractivity contribution < 1.29 is 19.5 Å². The van der Waals surface area contributed by atoms with E-state index in [2.05, 4.69) is 21.2 Å². The maximum Gasteiger partial charge on any atom is 0.325 e. The van der Waals surface area contributed by atoms with Gasteiger partial charge in [-0.15, -0.1) is 0 Å². The standard InChI is InChI=1S/C15H17BrN2O4/c1-9(15(21)22)17-13(19)12-3-2-8-18(12)14(20)10-4-6-11(16)7-5-10/h4-7,9,12H,2-3,8H2,1H3,(H,17,19)(H,21,22)/t9-,12?/m1/s1. The van der Waals surface area contributed by atoms with Gasteiger partial charge in [0.15, 0.2) is 0 Å². The molecule has 22 heavy (non-hydrogen) atoms. The molecule has 1 aliphatic heterocycles. The molecular formula is C15H17BrN2O4. The molecule has 1 saturated heterocycles. The highest BCUT2D eigenvalue weighted by molar-refractivity contribution is 9.10. The van der Waals surface area contributed by atoms with E-state index >= 15 is 0 Å². The molecule has 1 aliphatic rings. The highest BCUT2D eigenvalue weighted by atomic mass is 79.9. The predicted octanol–water partition coefficient (Wildman–Crippen LogP) is 1.64. The summed E-state index contributed by atoms with van der Waals surface area (Å²) in [6, 6.07) is 5.34. The summed E-state index contributed by atoms with van der Waals surface area (Å²) < 4.78 is 0.870. The first-order chi connectivity index (χ1) is 10.4. The first-order valence-corrected chi connectivity index (χ1v) is 7.79. The van der Waals surface area contributed by atoms with Crippen LogP contribution in [0.4, 0.5) is 0 Å². The molecular weight excluding hydrogens is 352 g/mol. The second-order valence-electron chi connectivity index (χ2n) is 5.23. The maximum absolute atomic E-state index is 12.5. The van der Waals surface area contributed by atoms with Crippen LogP contribution in [0.1, 0.15) is 30.1 Å². The molecule has 0 bridgehead atoms. The van der Waals surface area contributed by atoms with E-state index in [1.54, 1.807) is 24.3 Å². The molecule has 2 rings (SSSR count). The fraction of sp³-hybridized carbons (Fsp3) is 0.400. The highest BCUT2D eigenvalue weighted by Crippen LogP contribution is 2.21. The zero-order chi connectivity index (χ0) is 16.3. The van der Waals surface area contributed by atoms with Crippen LogP contribution < -0.4 is 5.32 Å². The molecule has 2 amide bonds. The molecule has 1 aromatic rings. The average molecular weight is 369 g/mol. The Labute approximate surface area is 136 Å². The Morgan fingerprint density at radius 2 is 1.95 bits per heavy atom. The van der Waals surface area contributed by atoms with Gasteiger partial charge in [-0.25, -0.2) is 0 Å². The van der Waals surface area contributed by atoms with E-state index < -0.39 is 24.0 Å². The van der Waals surface area contributed by atoms with Gasteiger partial charge in [-0.1, -0.05) is 15.9 Å². The minimum absolute atomic E-state index is 0.215. The fourth-order valence-corrected chi connectivity index (χ4v) is 2.68. The number of hydrogen-bond acceptors (Lipinski definition) is 3. The Morgan fingerprint density at radius 3 is 2.55 bits per heavy atom. The van der Waals surface area contributed by atoms with Crippen LogP contribution in [0, 0.1) is 0 Å². The van der Waals surface area contributed by atoms with Crippen molar-refractivity contribution in [2.75, 3.05) is 6.54 Å². The summed E-state index contributed by atoms with van der Waals surface area (Å²) in [6.07, 6.45) is 1.27. The molecule has 1 heterocycles. The first kappa shape index (κ1) is 16.5. The van der Waals surface area contributed by atoms with Crippen LogP contribution in [0.3, 0.4) is 0 Å². The lowest BCUT2D eigenvalue weighted by molar-refractivity contribution is -0.141. The van der Waals surface area contributed by atoms with Crippen molar-refractivity contribution in [1.29, 1.82) is 0 Å².